The number of hydrogen-bond donors (Lipinski definition) is 0. The highest BCUT2D eigenvalue weighted by Crippen LogP contribution is 2.18. The third-order valence-corrected chi connectivity index (χ3v) is 12.6. The van der Waals surface area contributed by atoms with Gasteiger partial charge in [-0.2, -0.15) is 0 Å². The predicted octanol–water partition coefficient (Wildman–Crippen LogP) is 17.9. The highest BCUT2D eigenvalue weighted by Gasteiger charge is 2.19. The fourth-order valence-electron chi connectivity index (χ4n) is 8.47. The Kier molecular flexibility index (Phi) is 46.2. The summed E-state index contributed by atoms with van der Waals surface area (Å²) in [6, 6.07) is 0. The van der Waals surface area contributed by atoms with Crippen LogP contribution in [0.15, 0.2) is 0 Å². The molecule has 0 saturated heterocycles. The first-order valence-corrected chi connectivity index (χ1v) is 27.6. The van der Waals surface area contributed by atoms with Crippen LogP contribution < -0.4 is 0 Å². The number of esters is 3. The van der Waals surface area contributed by atoms with Crippen LogP contribution in [0.3, 0.4) is 0 Å². The molecule has 0 N–H and O–H groups in total. The molecule has 0 bridgehead atoms. The Hall–Kier alpha value is -1.59. The summed E-state index contributed by atoms with van der Waals surface area (Å²) in [5.74, 6) is 1.63. The number of carbonyl (C=O) groups excluding carboxylic acids is 3. The van der Waals surface area contributed by atoms with Crippen molar-refractivity contribution in [2.45, 2.75) is 311 Å². The second-order valence-corrected chi connectivity index (χ2v) is 20.6. The Labute approximate surface area is 387 Å². The van der Waals surface area contributed by atoms with Crippen LogP contribution in [0.5, 0.6) is 0 Å². The summed E-state index contributed by atoms with van der Waals surface area (Å²) >= 11 is 0. The quantitative estimate of drug-likeness (QED) is 0.0344. The summed E-state index contributed by atoms with van der Waals surface area (Å²) in [6.07, 6.45) is 48.1. The number of carbonyl (C=O) groups is 3. The van der Waals surface area contributed by atoms with E-state index in [4.69, 9.17) is 14.2 Å². The number of rotatable bonds is 49. The molecule has 62 heavy (non-hydrogen) atoms. The van der Waals surface area contributed by atoms with E-state index in [1.54, 1.807) is 0 Å². The number of hydrogen-bond acceptors (Lipinski definition) is 6. The van der Waals surface area contributed by atoms with Crippen LogP contribution in [0.2, 0.25) is 0 Å². The van der Waals surface area contributed by atoms with Gasteiger partial charge in [0.15, 0.2) is 6.10 Å². The maximum absolute atomic E-state index is 12.8. The average molecular weight is 877 g/mol. The molecule has 0 unspecified atom stereocenters. The summed E-state index contributed by atoms with van der Waals surface area (Å²) in [6.45, 7) is 13.7. The third kappa shape index (κ3) is 49.4. The molecule has 0 fully saturated rings. The van der Waals surface area contributed by atoms with E-state index in [9.17, 15) is 14.4 Å². The molecule has 0 spiro atoms. The second kappa shape index (κ2) is 47.4. The third-order valence-electron chi connectivity index (χ3n) is 12.6. The predicted molar refractivity (Wildman–Crippen MR) is 266 cm³/mol. The first-order valence-electron chi connectivity index (χ1n) is 27.6. The minimum Gasteiger partial charge on any atom is -0.462 e. The van der Waals surface area contributed by atoms with E-state index in [0.29, 0.717) is 19.3 Å². The molecule has 0 amide bonds. The van der Waals surface area contributed by atoms with Crippen molar-refractivity contribution >= 4 is 17.9 Å². The van der Waals surface area contributed by atoms with Gasteiger partial charge < -0.3 is 14.2 Å². The lowest BCUT2D eigenvalue weighted by Gasteiger charge is -2.18. The van der Waals surface area contributed by atoms with Gasteiger partial charge in [0.05, 0.1) is 0 Å². The SMILES string of the molecule is CC(C)CCCCCCCCCCCCCCCCCC(=O)OC[C@H](COC(=O)CCCCCCCCCCC(C)C)OC(=O)CCCCCCCCCCCCCCC(C)C. The van der Waals surface area contributed by atoms with Crippen LogP contribution in [0, 0.1) is 17.8 Å². The Morgan fingerprint density at radius 3 is 0.694 bits per heavy atom. The zero-order chi connectivity index (χ0) is 45.6. The molecule has 0 aromatic rings. The monoisotopic (exact) mass is 877 g/mol. The van der Waals surface area contributed by atoms with Crippen molar-refractivity contribution in [3.05, 3.63) is 0 Å². The standard InChI is InChI=1S/C56H108O6/c1-50(2)42-36-30-24-18-14-10-8-7-9-11-16-20-27-33-39-45-54(57)60-48-53(49-61-55(58)46-40-34-28-23-22-26-32-38-44-52(5)6)62-56(59)47-41-35-29-21-17-13-12-15-19-25-31-37-43-51(3)4/h50-53H,7-49H2,1-6H3/t53-/m1/s1. The van der Waals surface area contributed by atoms with Crippen molar-refractivity contribution in [3.8, 4) is 0 Å². The molecular weight excluding hydrogens is 769 g/mol. The van der Waals surface area contributed by atoms with E-state index >= 15 is 0 Å². The second-order valence-electron chi connectivity index (χ2n) is 20.6. The summed E-state index contributed by atoms with van der Waals surface area (Å²) in [5.41, 5.74) is 0. The van der Waals surface area contributed by atoms with Crippen LogP contribution in [0.1, 0.15) is 305 Å². The fraction of sp³-hybridized carbons (Fsp3) is 0.946. The summed E-state index contributed by atoms with van der Waals surface area (Å²) < 4.78 is 16.8. The smallest absolute Gasteiger partial charge is 0.306 e. The van der Waals surface area contributed by atoms with Gasteiger partial charge in [-0.1, -0.05) is 266 Å². The fourth-order valence-corrected chi connectivity index (χ4v) is 8.47. The molecule has 0 aliphatic carbocycles. The van der Waals surface area contributed by atoms with E-state index in [2.05, 4.69) is 41.5 Å². The lowest BCUT2D eigenvalue weighted by Crippen LogP contribution is -2.30. The number of ether oxygens (including phenoxy) is 3. The summed E-state index contributed by atoms with van der Waals surface area (Å²) in [4.78, 5) is 38.0. The van der Waals surface area contributed by atoms with Gasteiger partial charge in [0, 0.05) is 19.3 Å². The number of unbranched alkanes of at least 4 members (excludes halogenated alkanes) is 32. The molecule has 0 rings (SSSR count). The molecule has 0 heterocycles. The first-order chi connectivity index (χ1) is 30.1. The van der Waals surface area contributed by atoms with Gasteiger partial charge in [-0.05, 0) is 37.0 Å². The molecule has 0 aliphatic heterocycles. The zero-order valence-corrected chi connectivity index (χ0v) is 42.7. The summed E-state index contributed by atoms with van der Waals surface area (Å²) in [7, 11) is 0. The van der Waals surface area contributed by atoms with Crippen molar-refractivity contribution in [2.75, 3.05) is 13.2 Å². The molecule has 368 valence electrons. The molecule has 0 aliphatic rings. The topological polar surface area (TPSA) is 78.9 Å². The van der Waals surface area contributed by atoms with E-state index in [-0.39, 0.29) is 31.1 Å². The Morgan fingerprint density at radius 1 is 0.274 bits per heavy atom. The van der Waals surface area contributed by atoms with Crippen LogP contribution in [0.4, 0.5) is 0 Å². The molecule has 6 nitrogen and oxygen atoms in total. The van der Waals surface area contributed by atoms with E-state index < -0.39 is 6.10 Å². The van der Waals surface area contributed by atoms with Crippen LogP contribution in [0.25, 0.3) is 0 Å². The molecule has 0 aromatic heterocycles. The Balaban J connectivity index is 4.28. The summed E-state index contributed by atoms with van der Waals surface area (Å²) in [5, 5.41) is 0. The Bertz CT molecular complexity index is 960. The lowest BCUT2D eigenvalue weighted by molar-refractivity contribution is -0.167. The molecule has 0 saturated carbocycles. The van der Waals surface area contributed by atoms with Crippen molar-refractivity contribution in [1.82, 2.24) is 0 Å². The first kappa shape index (κ1) is 60.4. The normalized spacial score (nSPS) is 12.1. The van der Waals surface area contributed by atoms with Crippen LogP contribution >= 0.6 is 0 Å². The Morgan fingerprint density at radius 2 is 0.468 bits per heavy atom. The highest BCUT2D eigenvalue weighted by molar-refractivity contribution is 5.71. The molecule has 0 radical (unpaired) electrons. The van der Waals surface area contributed by atoms with Crippen molar-refractivity contribution < 1.29 is 28.6 Å². The molecule has 1 atom stereocenters. The molecule has 0 aromatic carbocycles. The zero-order valence-electron chi connectivity index (χ0n) is 42.7. The average Bonchev–Trinajstić information content (AvgIpc) is 3.23. The van der Waals surface area contributed by atoms with Crippen molar-refractivity contribution in [3.63, 3.8) is 0 Å². The van der Waals surface area contributed by atoms with Gasteiger partial charge in [-0.25, -0.2) is 0 Å². The lowest BCUT2D eigenvalue weighted by atomic mass is 10.0. The van der Waals surface area contributed by atoms with Crippen molar-refractivity contribution in [2.24, 2.45) is 17.8 Å². The molecular formula is C56H108O6. The maximum atomic E-state index is 12.8. The highest BCUT2D eigenvalue weighted by atomic mass is 16.6. The van der Waals surface area contributed by atoms with Crippen LogP contribution in [-0.4, -0.2) is 37.2 Å². The van der Waals surface area contributed by atoms with Gasteiger partial charge in [0.1, 0.15) is 13.2 Å². The van der Waals surface area contributed by atoms with Gasteiger partial charge in [0.2, 0.25) is 0 Å². The van der Waals surface area contributed by atoms with E-state index in [1.807, 2.05) is 0 Å². The van der Waals surface area contributed by atoms with Gasteiger partial charge in [-0.3, -0.25) is 14.4 Å². The van der Waals surface area contributed by atoms with Gasteiger partial charge in [0.25, 0.3) is 0 Å². The maximum Gasteiger partial charge on any atom is 0.306 e. The largest absolute Gasteiger partial charge is 0.462 e. The van der Waals surface area contributed by atoms with Gasteiger partial charge in [-0.15, -0.1) is 0 Å². The van der Waals surface area contributed by atoms with Crippen molar-refractivity contribution in [1.29, 1.82) is 0 Å². The van der Waals surface area contributed by atoms with Crippen LogP contribution in [-0.2, 0) is 28.6 Å². The minimum atomic E-state index is -0.763. The van der Waals surface area contributed by atoms with Gasteiger partial charge >= 0.3 is 17.9 Å². The minimum absolute atomic E-state index is 0.0642. The molecule has 6 heteroatoms. The van der Waals surface area contributed by atoms with E-state index in [1.165, 1.54) is 186 Å². The van der Waals surface area contributed by atoms with E-state index in [0.717, 1.165) is 75.5 Å².